The fraction of sp³-hybridized carbons (Fsp3) is 1.00. The average molecular weight is 310 g/mol. The van der Waals surface area contributed by atoms with Gasteiger partial charge in [0.05, 0.1) is 11.9 Å². The first-order valence-corrected chi connectivity index (χ1v) is 9.33. The molecule has 0 radical (unpaired) electrons. The molecule has 6 heteroatoms. The molecule has 19 heavy (non-hydrogen) atoms. The predicted octanol–water partition coefficient (Wildman–Crippen LogP) is 2.27. The van der Waals surface area contributed by atoms with Crippen LogP contribution >= 0.6 is 11.6 Å². The third kappa shape index (κ3) is 4.31. The van der Waals surface area contributed by atoms with E-state index in [0.29, 0.717) is 18.4 Å². The zero-order valence-corrected chi connectivity index (χ0v) is 13.1. The molecule has 0 amide bonds. The maximum absolute atomic E-state index is 12.3. The second-order valence-electron chi connectivity index (χ2n) is 6.11. The van der Waals surface area contributed by atoms with Gasteiger partial charge in [0.2, 0.25) is 10.0 Å². The van der Waals surface area contributed by atoms with Crippen molar-refractivity contribution < 1.29 is 13.2 Å². The van der Waals surface area contributed by atoms with E-state index in [9.17, 15) is 8.42 Å². The molecule has 0 bridgehead atoms. The van der Waals surface area contributed by atoms with Gasteiger partial charge in [-0.1, -0.05) is 6.92 Å². The number of sulfonamides is 1. The molecule has 0 spiro atoms. The molecule has 1 aliphatic heterocycles. The minimum absolute atomic E-state index is 0.0706. The van der Waals surface area contributed by atoms with E-state index in [1.807, 2.05) is 0 Å². The summed E-state index contributed by atoms with van der Waals surface area (Å²) < 4.78 is 32.8. The molecular formula is C13H24ClNO3S. The van der Waals surface area contributed by atoms with E-state index < -0.39 is 15.6 Å². The molecule has 1 saturated heterocycles. The molecular weight excluding hydrogens is 286 g/mol. The minimum atomic E-state index is -3.31. The minimum Gasteiger partial charge on any atom is -0.377 e. The van der Waals surface area contributed by atoms with Crippen LogP contribution in [0.1, 0.15) is 45.4 Å². The van der Waals surface area contributed by atoms with E-state index in [0.717, 1.165) is 38.5 Å². The van der Waals surface area contributed by atoms with Crippen molar-refractivity contribution in [3.8, 4) is 0 Å². The van der Waals surface area contributed by atoms with Crippen LogP contribution in [0.25, 0.3) is 0 Å². The Morgan fingerprint density at radius 2 is 2.00 bits per heavy atom. The highest BCUT2D eigenvalue weighted by Crippen LogP contribution is 2.33. The third-order valence-corrected chi connectivity index (χ3v) is 6.35. The molecule has 2 rings (SSSR count). The zero-order chi connectivity index (χ0) is 13.9. The molecule has 1 unspecified atom stereocenters. The fourth-order valence-electron chi connectivity index (χ4n) is 2.97. The maximum Gasteiger partial charge on any atom is 0.214 e. The van der Waals surface area contributed by atoms with E-state index in [-0.39, 0.29) is 11.9 Å². The Morgan fingerprint density at radius 3 is 2.53 bits per heavy atom. The summed E-state index contributed by atoms with van der Waals surface area (Å²) in [4.78, 5) is 0. The molecule has 1 saturated carbocycles. The van der Waals surface area contributed by atoms with Gasteiger partial charge in [-0.3, -0.25) is 0 Å². The Kier molecular flexibility index (Phi) is 5.15. The van der Waals surface area contributed by atoms with Crippen molar-refractivity contribution in [1.29, 1.82) is 0 Å². The van der Waals surface area contributed by atoms with Crippen LogP contribution in [0.5, 0.6) is 0 Å². The van der Waals surface area contributed by atoms with Crippen LogP contribution in [-0.2, 0) is 14.8 Å². The Balaban J connectivity index is 1.96. The quantitative estimate of drug-likeness (QED) is 0.793. The second kappa shape index (κ2) is 6.29. The molecule has 0 aromatic carbocycles. The van der Waals surface area contributed by atoms with Crippen molar-refractivity contribution >= 4 is 21.6 Å². The van der Waals surface area contributed by atoms with Crippen molar-refractivity contribution in [2.24, 2.45) is 5.92 Å². The van der Waals surface area contributed by atoms with Crippen molar-refractivity contribution in [3.63, 3.8) is 0 Å². The van der Waals surface area contributed by atoms with E-state index in [4.69, 9.17) is 16.3 Å². The zero-order valence-electron chi connectivity index (χ0n) is 11.5. The Bertz CT molecular complexity index is 385. The Labute approximate surface area is 121 Å². The molecule has 0 aromatic heterocycles. The highest BCUT2D eigenvalue weighted by molar-refractivity contribution is 7.89. The van der Waals surface area contributed by atoms with Crippen LogP contribution in [0, 0.1) is 5.92 Å². The van der Waals surface area contributed by atoms with Crippen LogP contribution < -0.4 is 4.72 Å². The lowest BCUT2D eigenvalue weighted by Crippen LogP contribution is -2.53. The van der Waals surface area contributed by atoms with Gasteiger partial charge >= 0.3 is 0 Å². The predicted molar refractivity (Wildman–Crippen MR) is 77.0 cm³/mol. The molecule has 1 N–H and O–H groups in total. The molecule has 0 aromatic rings. The second-order valence-corrected chi connectivity index (χ2v) is 8.15. The lowest BCUT2D eigenvalue weighted by Gasteiger charge is -2.38. The molecule has 4 nitrogen and oxygen atoms in total. The summed E-state index contributed by atoms with van der Waals surface area (Å²) in [5.74, 6) is 1.09. The van der Waals surface area contributed by atoms with Gasteiger partial charge in [-0.05, 0) is 44.4 Å². The van der Waals surface area contributed by atoms with Gasteiger partial charge in [0.25, 0.3) is 0 Å². The first-order chi connectivity index (χ1) is 8.95. The van der Waals surface area contributed by atoms with Gasteiger partial charge in [-0.15, -0.1) is 11.6 Å². The highest BCUT2D eigenvalue weighted by Gasteiger charge is 2.38. The summed E-state index contributed by atoms with van der Waals surface area (Å²) in [7, 11) is -3.31. The van der Waals surface area contributed by atoms with Crippen molar-refractivity contribution in [2.45, 2.75) is 57.1 Å². The first kappa shape index (κ1) is 15.5. The Hall–Kier alpha value is 0.160. The van der Waals surface area contributed by atoms with Crippen LogP contribution in [0.3, 0.4) is 0 Å². The number of nitrogens with one attached hydrogen (secondary N) is 1. The molecule has 1 heterocycles. The van der Waals surface area contributed by atoms with Crippen molar-refractivity contribution in [2.75, 3.05) is 18.2 Å². The highest BCUT2D eigenvalue weighted by atomic mass is 35.5. The van der Waals surface area contributed by atoms with E-state index in [1.165, 1.54) is 0 Å². The van der Waals surface area contributed by atoms with Crippen LogP contribution in [0.4, 0.5) is 0 Å². The number of ether oxygens (including phenoxy) is 1. The largest absolute Gasteiger partial charge is 0.377 e. The molecule has 112 valence electrons. The number of alkyl halides is 1. The average Bonchev–Trinajstić information content (AvgIpc) is 2.84. The first-order valence-electron chi connectivity index (χ1n) is 7.14. The van der Waals surface area contributed by atoms with Gasteiger partial charge in [0.15, 0.2) is 0 Å². The maximum atomic E-state index is 12.3. The number of halogens is 1. The van der Waals surface area contributed by atoms with Gasteiger partial charge in [-0.2, -0.15) is 0 Å². The summed E-state index contributed by atoms with van der Waals surface area (Å²) >= 11 is 6.05. The summed E-state index contributed by atoms with van der Waals surface area (Å²) in [6, 6.07) is 0. The fourth-order valence-corrected chi connectivity index (χ4v) is 5.15. The van der Waals surface area contributed by atoms with Crippen LogP contribution in [0.2, 0.25) is 0 Å². The van der Waals surface area contributed by atoms with Crippen LogP contribution in [0.15, 0.2) is 0 Å². The topological polar surface area (TPSA) is 55.4 Å². The number of hydrogen-bond acceptors (Lipinski definition) is 3. The molecule has 2 aliphatic rings. The standard InChI is InChI=1S/C13H24ClNO3S/c1-11-4-6-13(10-14,7-5-11)15-19(16,17)9-12-3-2-8-18-12/h11-12,15H,2-10H2,1H3. The van der Waals surface area contributed by atoms with Gasteiger partial charge in [-0.25, -0.2) is 13.1 Å². The monoisotopic (exact) mass is 309 g/mol. The number of rotatable bonds is 5. The van der Waals surface area contributed by atoms with Crippen molar-refractivity contribution in [1.82, 2.24) is 4.72 Å². The molecule has 1 atom stereocenters. The number of hydrogen-bond donors (Lipinski definition) is 1. The lowest BCUT2D eigenvalue weighted by atomic mass is 9.79. The van der Waals surface area contributed by atoms with E-state index in [1.54, 1.807) is 0 Å². The molecule has 2 fully saturated rings. The Morgan fingerprint density at radius 1 is 1.32 bits per heavy atom. The molecule has 1 aliphatic carbocycles. The van der Waals surface area contributed by atoms with E-state index in [2.05, 4.69) is 11.6 Å². The summed E-state index contributed by atoms with van der Waals surface area (Å²) in [6.45, 7) is 2.89. The van der Waals surface area contributed by atoms with Gasteiger partial charge in [0.1, 0.15) is 0 Å². The third-order valence-electron chi connectivity index (χ3n) is 4.29. The normalized spacial score (nSPS) is 36.5. The van der Waals surface area contributed by atoms with Crippen molar-refractivity contribution in [3.05, 3.63) is 0 Å². The summed E-state index contributed by atoms with van der Waals surface area (Å²) in [5, 5.41) is 0. The van der Waals surface area contributed by atoms with Gasteiger partial charge < -0.3 is 4.74 Å². The van der Waals surface area contributed by atoms with Crippen LogP contribution in [-0.4, -0.2) is 38.3 Å². The summed E-state index contributed by atoms with van der Waals surface area (Å²) in [6.07, 6.45) is 5.40. The summed E-state index contributed by atoms with van der Waals surface area (Å²) in [5.41, 5.74) is -0.439. The smallest absolute Gasteiger partial charge is 0.214 e. The lowest BCUT2D eigenvalue weighted by molar-refractivity contribution is 0.127. The SMILES string of the molecule is CC1CCC(CCl)(NS(=O)(=O)CC2CCCO2)CC1. The van der Waals surface area contributed by atoms with Gasteiger partial charge in [0, 0.05) is 18.0 Å². The van der Waals surface area contributed by atoms with E-state index >= 15 is 0 Å².